The number of fused-ring (bicyclic) bond motifs is 1. The van der Waals surface area contributed by atoms with Crippen molar-refractivity contribution >= 4 is 10.9 Å². The fourth-order valence-corrected chi connectivity index (χ4v) is 1.19. The lowest BCUT2D eigenvalue weighted by molar-refractivity contribution is -0.606. The monoisotopic (exact) mass is 171 g/mol. The van der Waals surface area contributed by atoms with Gasteiger partial charge in [0.2, 0.25) is 0 Å². The molecular formula is C9H5N3O. The molecule has 0 aliphatic rings. The van der Waals surface area contributed by atoms with Crippen molar-refractivity contribution in [2.24, 2.45) is 0 Å². The molecule has 0 saturated heterocycles. The number of aromatic nitrogens is 2. The Bertz CT molecular complexity index is 502. The highest BCUT2D eigenvalue weighted by Gasteiger charge is 2.09. The second-order valence-corrected chi connectivity index (χ2v) is 2.54. The van der Waals surface area contributed by atoms with Gasteiger partial charge in [0, 0.05) is 12.3 Å². The van der Waals surface area contributed by atoms with Gasteiger partial charge >= 0.3 is 5.69 Å². The Morgan fingerprint density at radius 3 is 3.08 bits per heavy atom. The number of hydrogen-bond acceptors (Lipinski definition) is 3. The molecule has 2 aromatic rings. The molecule has 2 aromatic heterocycles. The third kappa shape index (κ3) is 1.07. The Morgan fingerprint density at radius 2 is 2.31 bits per heavy atom. The first kappa shape index (κ1) is 7.50. The van der Waals surface area contributed by atoms with Gasteiger partial charge in [-0.1, -0.05) is 0 Å². The lowest BCUT2D eigenvalue weighted by Crippen LogP contribution is -2.29. The topological polar surface area (TPSA) is 63.6 Å². The molecule has 0 unspecified atom stereocenters. The van der Waals surface area contributed by atoms with Crippen LogP contribution >= 0.6 is 0 Å². The van der Waals surface area contributed by atoms with E-state index in [2.05, 4.69) is 4.98 Å². The van der Waals surface area contributed by atoms with E-state index in [1.165, 1.54) is 6.20 Å². The zero-order valence-corrected chi connectivity index (χ0v) is 6.64. The van der Waals surface area contributed by atoms with Gasteiger partial charge in [-0.15, -0.1) is 0 Å². The lowest BCUT2D eigenvalue weighted by atomic mass is 10.2. The summed E-state index contributed by atoms with van der Waals surface area (Å²) in [4.78, 5) is 4.03. The summed E-state index contributed by atoms with van der Waals surface area (Å²) in [5, 5.41) is 20.4. The SMILES string of the molecule is N#Cc1c2cccnc2cc[n+]1[O-]. The Morgan fingerprint density at radius 1 is 1.46 bits per heavy atom. The third-order valence-electron chi connectivity index (χ3n) is 1.79. The summed E-state index contributed by atoms with van der Waals surface area (Å²) in [6.07, 6.45) is 2.91. The summed E-state index contributed by atoms with van der Waals surface area (Å²) in [7, 11) is 0. The van der Waals surface area contributed by atoms with E-state index < -0.39 is 0 Å². The van der Waals surface area contributed by atoms with E-state index in [9.17, 15) is 5.21 Å². The van der Waals surface area contributed by atoms with Crippen molar-refractivity contribution in [2.75, 3.05) is 0 Å². The van der Waals surface area contributed by atoms with Gasteiger partial charge in [0.05, 0.1) is 10.9 Å². The van der Waals surface area contributed by atoms with Gasteiger partial charge < -0.3 is 5.21 Å². The van der Waals surface area contributed by atoms with Crippen molar-refractivity contribution in [2.45, 2.75) is 0 Å². The lowest BCUT2D eigenvalue weighted by Gasteiger charge is -1.99. The van der Waals surface area contributed by atoms with E-state index >= 15 is 0 Å². The number of pyridine rings is 2. The fraction of sp³-hybridized carbons (Fsp3) is 0. The van der Waals surface area contributed by atoms with E-state index in [-0.39, 0.29) is 5.69 Å². The molecule has 0 aliphatic carbocycles. The highest BCUT2D eigenvalue weighted by molar-refractivity contribution is 5.81. The summed E-state index contributed by atoms with van der Waals surface area (Å²) < 4.78 is 0.546. The quantitative estimate of drug-likeness (QED) is 0.433. The molecule has 2 heterocycles. The molecule has 4 nitrogen and oxygen atoms in total. The van der Waals surface area contributed by atoms with Crippen LogP contribution in [0.4, 0.5) is 0 Å². The van der Waals surface area contributed by atoms with Crippen LogP contribution in [0.25, 0.3) is 10.9 Å². The van der Waals surface area contributed by atoms with Crippen LogP contribution in [0.5, 0.6) is 0 Å². The van der Waals surface area contributed by atoms with E-state index in [1.54, 1.807) is 24.4 Å². The van der Waals surface area contributed by atoms with Crippen LogP contribution in [0.15, 0.2) is 30.6 Å². The minimum absolute atomic E-state index is 0.0885. The Balaban J connectivity index is 2.94. The maximum absolute atomic E-state index is 11.1. The van der Waals surface area contributed by atoms with Gasteiger partial charge in [-0.05, 0) is 12.1 Å². The number of nitrogens with zero attached hydrogens (tertiary/aromatic N) is 3. The summed E-state index contributed by atoms with van der Waals surface area (Å²) in [5.41, 5.74) is 0.747. The normalized spacial score (nSPS) is 9.77. The predicted octanol–water partition coefficient (Wildman–Crippen LogP) is 0.740. The summed E-state index contributed by atoms with van der Waals surface area (Å²) >= 11 is 0. The van der Waals surface area contributed by atoms with Gasteiger partial charge in [-0.25, -0.2) is 0 Å². The van der Waals surface area contributed by atoms with Crippen molar-refractivity contribution in [3.05, 3.63) is 41.5 Å². The highest BCUT2D eigenvalue weighted by Crippen LogP contribution is 2.10. The van der Waals surface area contributed by atoms with E-state index in [4.69, 9.17) is 5.26 Å². The molecule has 0 bridgehead atoms. The Hall–Kier alpha value is -2.15. The smallest absolute Gasteiger partial charge is 0.304 e. The second-order valence-electron chi connectivity index (χ2n) is 2.54. The molecule has 0 amide bonds. The van der Waals surface area contributed by atoms with Crippen LogP contribution in [-0.4, -0.2) is 4.98 Å². The summed E-state index contributed by atoms with van der Waals surface area (Å²) in [6, 6.07) is 6.84. The molecule has 62 valence electrons. The second kappa shape index (κ2) is 2.72. The van der Waals surface area contributed by atoms with Crippen LogP contribution < -0.4 is 4.73 Å². The number of rotatable bonds is 0. The van der Waals surface area contributed by atoms with Gasteiger partial charge in [0.25, 0.3) is 0 Å². The largest absolute Gasteiger partial charge is 0.618 e. The molecule has 0 N–H and O–H groups in total. The Kier molecular flexibility index (Phi) is 1.57. The molecular weight excluding hydrogens is 166 g/mol. The molecule has 13 heavy (non-hydrogen) atoms. The minimum Gasteiger partial charge on any atom is -0.618 e. The predicted molar refractivity (Wildman–Crippen MR) is 45.4 cm³/mol. The van der Waals surface area contributed by atoms with E-state index in [1.807, 2.05) is 6.07 Å². The van der Waals surface area contributed by atoms with Crippen molar-refractivity contribution in [1.82, 2.24) is 4.98 Å². The van der Waals surface area contributed by atoms with Gasteiger partial charge in [0.1, 0.15) is 0 Å². The number of hydrogen-bond donors (Lipinski definition) is 0. The van der Waals surface area contributed by atoms with Crippen LogP contribution in [0.2, 0.25) is 0 Å². The van der Waals surface area contributed by atoms with E-state index in [0.717, 1.165) is 0 Å². The van der Waals surface area contributed by atoms with Crippen LogP contribution in [0, 0.1) is 16.5 Å². The average Bonchev–Trinajstić information content (AvgIpc) is 2.18. The first-order valence-electron chi connectivity index (χ1n) is 3.70. The van der Waals surface area contributed by atoms with E-state index in [0.29, 0.717) is 15.6 Å². The first-order valence-corrected chi connectivity index (χ1v) is 3.70. The fourth-order valence-electron chi connectivity index (χ4n) is 1.19. The van der Waals surface area contributed by atoms with Crippen LogP contribution in [-0.2, 0) is 0 Å². The summed E-state index contributed by atoms with van der Waals surface area (Å²) in [6.45, 7) is 0. The molecule has 0 spiro atoms. The molecule has 0 fully saturated rings. The van der Waals surface area contributed by atoms with Gasteiger partial charge in [-0.3, -0.25) is 4.98 Å². The van der Waals surface area contributed by atoms with Crippen LogP contribution in [0.3, 0.4) is 0 Å². The molecule has 0 saturated carbocycles. The third-order valence-corrected chi connectivity index (χ3v) is 1.79. The standard InChI is InChI=1S/C9H5N3O/c10-6-9-7-2-1-4-11-8(7)3-5-12(9)13/h1-5H. The van der Waals surface area contributed by atoms with Crippen molar-refractivity contribution in [3.63, 3.8) is 0 Å². The first-order chi connectivity index (χ1) is 6.33. The van der Waals surface area contributed by atoms with Crippen molar-refractivity contribution in [3.8, 4) is 6.07 Å². The molecule has 0 radical (unpaired) electrons. The maximum atomic E-state index is 11.1. The molecule has 0 atom stereocenters. The van der Waals surface area contributed by atoms with Crippen LogP contribution in [0.1, 0.15) is 5.69 Å². The molecule has 4 heteroatoms. The average molecular weight is 171 g/mol. The molecule has 0 aromatic carbocycles. The van der Waals surface area contributed by atoms with Gasteiger partial charge in [0.15, 0.2) is 12.3 Å². The van der Waals surface area contributed by atoms with Crippen molar-refractivity contribution in [1.29, 1.82) is 5.26 Å². The number of nitriles is 1. The molecule has 2 rings (SSSR count). The zero-order chi connectivity index (χ0) is 9.26. The minimum atomic E-state index is 0.0885. The zero-order valence-electron chi connectivity index (χ0n) is 6.64. The highest BCUT2D eigenvalue weighted by atomic mass is 16.5. The Labute approximate surface area is 74.3 Å². The maximum Gasteiger partial charge on any atom is 0.304 e. The van der Waals surface area contributed by atoms with Crippen molar-refractivity contribution < 1.29 is 4.73 Å². The van der Waals surface area contributed by atoms with Gasteiger partial charge in [-0.2, -0.15) is 9.99 Å². The molecule has 0 aliphatic heterocycles. The summed E-state index contributed by atoms with van der Waals surface area (Å²) in [5.74, 6) is 0.